The summed E-state index contributed by atoms with van der Waals surface area (Å²) in [7, 11) is 0. The minimum absolute atomic E-state index is 0.107. The maximum atomic E-state index is 12.2. The fraction of sp³-hybridized carbons (Fsp3) is 0.125. The zero-order chi connectivity index (χ0) is 14.1. The van der Waals surface area contributed by atoms with Gasteiger partial charge in [-0.1, -0.05) is 17.7 Å². The fourth-order valence-electron chi connectivity index (χ4n) is 2.20. The van der Waals surface area contributed by atoms with Gasteiger partial charge in [0.25, 0.3) is 5.91 Å². The number of carbonyl (C=O) groups is 1. The summed E-state index contributed by atoms with van der Waals surface area (Å²) >= 11 is 0. The monoisotopic (exact) mass is 265 g/mol. The molecule has 3 rings (SSSR count). The number of nitrogens with zero attached hydrogens (tertiary/aromatic N) is 1. The van der Waals surface area contributed by atoms with E-state index in [-0.39, 0.29) is 5.91 Å². The second-order valence-corrected chi connectivity index (χ2v) is 4.88. The Hall–Kier alpha value is -2.62. The lowest BCUT2D eigenvalue weighted by molar-refractivity contribution is 0.102. The third-order valence-corrected chi connectivity index (χ3v) is 3.14. The Kier molecular flexibility index (Phi) is 2.99. The Morgan fingerprint density at radius 1 is 1.15 bits per heavy atom. The van der Waals surface area contributed by atoms with Gasteiger partial charge in [-0.15, -0.1) is 0 Å². The zero-order valence-electron chi connectivity index (χ0n) is 11.4. The summed E-state index contributed by atoms with van der Waals surface area (Å²) in [6.45, 7) is 3.88. The van der Waals surface area contributed by atoms with Crippen molar-refractivity contribution >= 4 is 22.6 Å². The smallest absolute Gasteiger partial charge is 0.255 e. The number of hydrogen-bond donors (Lipinski definition) is 2. The highest BCUT2D eigenvalue weighted by molar-refractivity contribution is 6.05. The van der Waals surface area contributed by atoms with Crippen LogP contribution in [0.4, 0.5) is 5.69 Å². The number of nitrogens with one attached hydrogen (secondary N) is 2. The van der Waals surface area contributed by atoms with Crippen LogP contribution >= 0.6 is 0 Å². The Bertz CT molecular complexity index is 789. The largest absolute Gasteiger partial charge is 0.342 e. The molecule has 4 nitrogen and oxygen atoms in total. The van der Waals surface area contributed by atoms with Crippen LogP contribution in [-0.2, 0) is 0 Å². The van der Waals surface area contributed by atoms with Gasteiger partial charge in [-0.05, 0) is 44.2 Å². The number of hydrogen-bond acceptors (Lipinski definition) is 2. The van der Waals surface area contributed by atoms with E-state index in [0.29, 0.717) is 5.56 Å². The van der Waals surface area contributed by atoms with E-state index in [1.807, 2.05) is 50.2 Å². The van der Waals surface area contributed by atoms with Crippen LogP contribution in [0, 0.1) is 13.8 Å². The number of aromatic nitrogens is 2. The molecule has 3 aromatic rings. The minimum atomic E-state index is -0.107. The van der Waals surface area contributed by atoms with E-state index in [4.69, 9.17) is 0 Å². The van der Waals surface area contributed by atoms with Gasteiger partial charge in [0.2, 0.25) is 0 Å². The molecule has 1 aromatic heterocycles. The minimum Gasteiger partial charge on any atom is -0.342 e. The van der Waals surface area contributed by atoms with E-state index in [9.17, 15) is 4.79 Å². The lowest BCUT2D eigenvalue weighted by Gasteiger charge is -2.05. The topological polar surface area (TPSA) is 57.8 Å². The van der Waals surface area contributed by atoms with Crippen molar-refractivity contribution in [2.24, 2.45) is 0 Å². The maximum absolute atomic E-state index is 12.2. The summed E-state index contributed by atoms with van der Waals surface area (Å²) in [5, 5.41) is 2.90. The van der Waals surface area contributed by atoms with E-state index >= 15 is 0 Å². The van der Waals surface area contributed by atoms with E-state index in [1.54, 1.807) is 6.07 Å². The second kappa shape index (κ2) is 4.81. The predicted octanol–water partition coefficient (Wildman–Crippen LogP) is 3.43. The number of rotatable bonds is 2. The van der Waals surface area contributed by atoms with Crippen LogP contribution in [0.25, 0.3) is 11.0 Å². The molecule has 0 bridgehead atoms. The van der Waals surface area contributed by atoms with Crippen LogP contribution in [0.3, 0.4) is 0 Å². The molecule has 100 valence electrons. The van der Waals surface area contributed by atoms with Crippen molar-refractivity contribution in [1.29, 1.82) is 0 Å². The number of anilines is 1. The molecule has 2 aromatic carbocycles. The number of H-pyrrole nitrogens is 1. The highest BCUT2D eigenvalue weighted by Crippen LogP contribution is 2.18. The maximum Gasteiger partial charge on any atom is 0.255 e. The first kappa shape index (κ1) is 12.4. The average Bonchev–Trinajstić information content (AvgIpc) is 2.78. The van der Waals surface area contributed by atoms with Gasteiger partial charge in [0.05, 0.1) is 11.0 Å². The van der Waals surface area contributed by atoms with Gasteiger partial charge in [0, 0.05) is 11.3 Å². The Morgan fingerprint density at radius 3 is 2.80 bits per heavy atom. The predicted molar refractivity (Wildman–Crippen MR) is 80.0 cm³/mol. The molecule has 0 fully saturated rings. The first-order valence-electron chi connectivity index (χ1n) is 6.46. The zero-order valence-corrected chi connectivity index (χ0v) is 11.4. The van der Waals surface area contributed by atoms with Crippen molar-refractivity contribution in [1.82, 2.24) is 9.97 Å². The molecule has 0 spiro atoms. The number of carbonyl (C=O) groups excluding carboxylic acids is 1. The highest BCUT2D eigenvalue weighted by Gasteiger charge is 2.07. The van der Waals surface area contributed by atoms with Crippen LogP contribution < -0.4 is 5.32 Å². The van der Waals surface area contributed by atoms with Gasteiger partial charge in [0.1, 0.15) is 5.82 Å². The molecule has 0 atom stereocenters. The molecule has 0 aliphatic rings. The number of fused-ring (bicyclic) bond motifs is 1. The van der Waals surface area contributed by atoms with E-state index in [0.717, 1.165) is 28.1 Å². The van der Waals surface area contributed by atoms with E-state index in [1.165, 1.54) is 0 Å². The van der Waals surface area contributed by atoms with Crippen molar-refractivity contribution < 1.29 is 4.79 Å². The van der Waals surface area contributed by atoms with E-state index < -0.39 is 0 Å². The SMILES string of the molecule is Cc1cccc(C(=O)Nc2ccc3nc(C)[nH]c3c2)c1. The third-order valence-electron chi connectivity index (χ3n) is 3.14. The normalized spacial score (nSPS) is 10.7. The Morgan fingerprint density at radius 2 is 2.00 bits per heavy atom. The van der Waals surface area contributed by atoms with Gasteiger partial charge in [0.15, 0.2) is 0 Å². The second-order valence-electron chi connectivity index (χ2n) is 4.88. The molecule has 2 N–H and O–H groups in total. The molecule has 0 aliphatic carbocycles. The molecule has 1 amide bonds. The molecular weight excluding hydrogens is 250 g/mol. The number of imidazole rings is 1. The molecule has 0 saturated carbocycles. The van der Waals surface area contributed by atoms with Crippen molar-refractivity contribution in [2.75, 3.05) is 5.32 Å². The van der Waals surface area contributed by atoms with Crippen LogP contribution in [0.1, 0.15) is 21.7 Å². The lowest BCUT2D eigenvalue weighted by atomic mass is 10.1. The summed E-state index contributed by atoms with van der Waals surface area (Å²) in [6, 6.07) is 13.2. The van der Waals surface area contributed by atoms with Gasteiger partial charge in [-0.3, -0.25) is 4.79 Å². The van der Waals surface area contributed by atoms with Crippen LogP contribution in [-0.4, -0.2) is 15.9 Å². The van der Waals surface area contributed by atoms with Crippen molar-refractivity contribution in [2.45, 2.75) is 13.8 Å². The van der Waals surface area contributed by atoms with Crippen molar-refractivity contribution in [3.8, 4) is 0 Å². The summed E-state index contributed by atoms with van der Waals surface area (Å²) in [5.41, 5.74) is 4.30. The highest BCUT2D eigenvalue weighted by atomic mass is 16.1. The summed E-state index contributed by atoms with van der Waals surface area (Å²) in [4.78, 5) is 19.7. The molecule has 4 heteroatoms. The first-order valence-corrected chi connectivity index (χ1v) is 6.46. The van der Waals surface area contributed by atoms with Crippen LogP contribution in [0.5, 0.6) is 0 Å². The standard InChI is InChI=1S/C16H15N3O/c1-10-4-3-5-12(8-10)16(20)19-13-6-7-14-15(9-13)18-11(2)17-14/h3-9H,1-2H3,(H,17,18)(H,19,20). The first-order chi connectivity index (χ1) is 9.61. The molecule has 1 heterocycles. The summed E-state index contributed by atoms with van der Waals surface area (Å²) in [6.07, 6.45) is 0. The lowest BCUT2D eigenvalue weighted by Crippen LogP contribution is -2.11. The van der Waals surface area contributed by atoms with Gasteiger partial charge < -0.3 is 10.3 Å². The van der Waals surface area contributed by atoms with Gasteiger partial charge >= 0.3 is 0 Å². The molecule has 20 heavy (non-hydrogen) atoms. The molecule has 0 unspecified atom stereocenters. The van der Waals surface area contributed by atoms with Crippen molar-refractivity contribution in [3.05, 3.63) is 59.4 Å². The van der Waals surface area contributed by atoms with E-state index in [2.05, 4.69) is 15.3 Å². The summed E-state index contributed by atoms with van der Waals surface area (Å²) in [5.74, 6) is 0.756. The van der Waals surface area contributed by atoms with Gasteiger partial charge in [-0.25, -0.2) is 4.98 Å². The van der Waals surface area contributed by atoms with Gasteiger partial charge in [-0.2, -0.15) is 0 Å². The van der Waals surface area contributed by atoms with Crippen molar-refractivity contribution in [3.63, 3.8) is 0 Å². The van der Waals surface area contributed by atoms with Crippen LogP contribution in [0.15, 0.2) is 42.5 Å². The molecule has 0 saturated heterocycles. The Labute approximate surface area is 116 Å². The molecule has 0 radical (unpaired) electrons. The number of benzene rings is 2. The number of aromatic amines is 1. The van der Waals surface area contributed by atoms with Crippen LogP contribution in [0.2, 0.25) is 0 Å². The Balaban J connectivity index is 1.87. The molecular formula is C16H15N3O. The quantitative estimate of drug-likeness (QED) is 0.745. The average molecular weight is 265 g/mol. The summed E-state index contributed by atoms with van der Waals surface area (Å²) < 4.78 is 0. The molecule has 0 aliphatic heterocycles. The number of amides is 1. The fourth-order valence-corrected chi connectivity index (χ4v) is 2.20. The number of aryl methyl sites for hydroxylation is 2. The third kappa shape index (κ3) is 2.40.